The first-order chi connectivity index (χ1) is 12.5. The number of carboxylic acid groups (broad SMARTS) is 1. The lowest BCUT2D eigenvalue weighted by atomic mass is 9.88. The summed E-state index contributed by atoms with van der Waals surface area (Å²) in [6.07, 6.45) is 0.323. The molecule has 0 fully saturated rings. The van der Waals surface area contributed by atoms with Crippen LogP contribution in [0, 0.1) is 6.92 Å². The van der Waals surface area contributed by atoms with Crippen LogP contribution < -0.4 is 5.32 Å². The van der Waals surface area contributed by atoms with Crippen molar-refractivity contribution in [3.05, 3.63) is 75.5 Å². The highest BCUT2D eigenvalue weighted by Gasteiger charge is 2.34. The molecule has 3 aromatic rings. The molecule has 0 radical (unpaired) electrons. The summed E-state index contributed by atoms with van der Waals surface area (Å²) >= 11 is 1.26. The van der Waals surface area contributed by atoms with Crippen molar-refractivity contribution in [2.75, 3.05) is 5.32 Å². The Morgan fingerprint density at radius 3 is 2.46 bits per heavy atom. The van der Waals surface area contributed by atoms with E-state index in [4.69, 9.17) is 0 Å². The number of aryl methyl sites for hydroxylation is 1. The van der Waals surface area contributed by atoms with Crippen molar-refractivity contribution in [1.82, 2.24) is 0 Å². The summed E-state index contributed by atoms with van der Waals surface area (Å²) in [6.45, 7) is 1.98. The van der Waals surface area contributed by atoms with E-state index in [0.717, 1.165) is 21.6 Å². The number of fused-ring (bicyclic) bond motifs is 1. The van der Waals surface area contributed by atoms with E-state index < -0.39 is 5.97 Å². The second kappa shape index (κ2) is 6.42. The SMILES string of the molecule is Cc1ccc(-c2c(C(=O)O)sc3c2NC(=O)C[C@@H]3c2ccccc2)cc1. The van der Waals surface area contributed by atoms with Crippen molar-refractivity contribution in [1.29, 1.82) is 0 Å². The fourth-order valence-corrected chi connectivity index (χ4v) is 4.63. The normalized spacial score (nSPS) is 16.0. The molecule has 2 heterocycles. The predicted molar refractivity (Wildman–Crippen MR) is 103 cm³/mol. The maximum absolute atomic E-state index is 12.4. The third kappa shape index (κ3) is 2.80. The van der Waals surface area contributed by atoms with E-state index >= 15 is 0 Å². The molecule has 0 bridgehead atoms. The second-order valence-corrected chi connectivity index (χ2v) is 7.48. The molecule has 4 rings (SSSR count). The second-order valence-electron chi connectivity index (χ2n) is 6.43. The van der Waals surface area contributed by atoms with Gasteiger partial charge in [0.15, 0.2) is 0 Å². The van der Waals surface area contributed by atoms with E-state index in [-0.39, 0.29) is 16.7 Å². The van der Waals surface area contributed by atoms with Gasteiger partial charge in [-0.15, -0.1) is 11.3 Å². The first kappa shape index (κ1) is 16.5. The fourth-order valence-electron chi connectivity index (χ4n) is 3.39. The van der Waals surface area contributed by atoms with Crippen LogP contribution in [0.4, 0.5) is 5.69 Å². The Morgan fingerprint density at radius 2 is 1.81 bits per heavy atom. The van der Waals surface area contributed by atoms with Gasteiger partial charge in [-0.1, -0.05) is 60.2 Å². The predicted octanol–water partition coefficient (Wildman–Crippen LogP) is 4.90. The van der Waals surface area contributed by atoms with Crippen LogP contribution in [-0.4, -0.2) is 17.0 Å². The van der Waals surface area contributed by atoms with Crippen LogP contribution in [0.3, 0.4) is 0 Å². The Morgan fingerprint density at radius 1 is 1.12 bits per heavy atom. The summed E-state index contributed by atoms with van der Waals surface area (Å²) in [5.41, 5.74) is 4.17. The molecular formula is C21H17NO3S. The Kier molecular flexibility index (Phi) is 4.09. The molecule has 1 atom stereocenters. The van der Waals surface area contributed by atoms with Gasteiger partial charge < -0.3 is 10.4 Å². The lowest BCUT2D eigenvalue weighted by Crippen LogP contribution is -2.22. The molecule has 1 aliphatic rings. The van der Waals surface area contributed by atoms with Gasteiger partial charge in [-0.25, -0.2) is 4.79 Å². The van der Waals surface area contributed by atoms with Crippen molar-refractivity contribution >= 4 is 28.9 Å². The standard InChI is InChI=1S/C21H17NO3S/c1-12-7-9-14(10-8-12)17-18-19(26-20(17)21(24)25)15(11-16(23)22-18)13-5-3-2-4-6-13/h2-10,15H,11H2,1H3,(H,22,23)(H,24,25)/t15-/m1/s1. The summed E-state index contributed by atoms with van der Waals surface area (Å²) in [7, 11) is 0. The Hall–Kier alpha value is -2.92. The number of carbonyl (C=O) groups is 2. The van der Waals surface area contributed by atoms with Gasteiger partial charge in [-0.3, -0.25) is 4.79 Å². The molecule has 130 valence electrons. The van der Waals surface area contributed by atoms with Crippen LogP contribution in [0.2, 0.25) is 0 Å². The summed E-state index contributed by atoms with van der Waals surface area (Å²) in [5, 5.41) is 12.7. The quantitative estimate of drug-likeness (QED) is 0.696. The summed E-state index contributed by atoms with van der Waals surface area (Å²) in [5.74, 6) is -1.18. The minimum Gasteiger partial charge on any atom is -0.477 e. The molecule has 0 unspecified atom stereocenters. The highest BCUT2D eigenvalue weighted by Crippen LogP contribution is 2.49. The van der Waals surface area contributed by atoms with Crippen LogP contribution in [0.1, 0.15) is 38.0 Å². The molecule has 26 heavy (non-hydrogen) atoms. The number of amides is 1. The average Bonchev–Trinajstić information content (AvgIpc) is 3.02. The van der Waals surface area contributed by atoms with E-state index in [2.05, 4.69) is 5.32 Å². The van der Waals surface area contributed by atoms with Crippen LogP contribution >= 0.6 is 11.3 Å². The Labute approximate surface area is 155 Å². The van der Waals surface area contributed by atoms with E-state index in [0.29, 0.717) is 17.7 Å². The number of nitrogens with one attached hydrogen (secondary N) is 1. The van der Waals surface area contributed by atoms with Crippen molar-refractivity contribution in [3.8, 4) is 11.1 Å². The fraction of sp³-hybridized carbons (Fsp3) is 0.143. The molecule has 1 amide bonds. The third-order valence-corrected chi connectivity index (χ3v) is 5.93. The highest BCUT2D eigenvalue weighted by atomic mass is 32.1. The summed E-state index contributed by atoms with van der Waals surface area (Å²) in [4.78, 5) is 25.4. The highest BCUT2D eigenvalue weighted by molar-refractivity contribution is 7.15. The van der Waals surface area contributed by atoms with Gasteiger partial charge in [0.2, 0.25) is 5.91 Å². The maximum Gasteiger partial charge on any atom is 0.346 e. The van der Waals surface area contributed by atoms with Crippen LogP contribution in [-0.2, 0) is 4.79 Å². The number of carboxylic acids is 1. The van der Waals surface area contributed by atoms with Crippen molar-refractivity contribution < 1.29 is 14.7 Å². The van der Waals surface area contributed by atoms with Crippen LogP contribution in [0.25, 0.3) is 11.1 Å². The number of carbonyl (C=O) groups excluding carboxylic acids is 1. The monoisotopic (exact) mass is 363 g/mol. The number of hydrogen-bond donors (Lipinski definition) is 2. The van der Waals surface area contributed by atoms with Crippen molar-refractivity contribution in [2.45, 2.75) is 19.3 Å². The van der Waals surface area contributed by atoms with Gasteiger partial charge in [-0.05, 0) is 18.1 Å². The van der Waals surface area contributed by atoms with Gasteiger partial charge in [0, 0.05) is 22.8 Å². The summed E-state index contributed by atoms with van der Waals surface area (Å²) < 4.78 is 0. The minimum atomic E-state index is -0.971. The topological polar surface area (TPSA) is 66.4 Å². The van der Waals surface area contributed by atoms with Gasteiger partial charge in [0.1, 0.15) is 4.88 Å². The van der Waals surface area contributed by atoms with E-state index in [1.54, 1.807) is 0 Å². The molecular weight excluding hydrogens is 346 g/mol. The number of thiophene rings is 1. The molecule has 2 aromatic carbocycles. The zero-order valence-electron chi connectivity index (χ0n) is 14.2. The third-order valence-electron chi connectivity index (χ3n) is 4.64. The van der Waals surface area contributed by atoms with Crippen LogP contribution in [0.15, 0.2) is 54.6 Å². The number of hydrogen-bond acceptors (Lipinski definition) is 3. The molecule has 5 heteroatoms. The maximum atomic E-state index is 12.4. The number of aromatic carboxylic acids is 1. The Bertz CT molecular complexity index is 990. The molecule has 0 aliphatic carbocycles. The van der Waals surface area contributed by atoms with Gasteiger partial charge >= 0.3 is 5.97 Å². The van der Waals surface area contributed by atoms with E-state index in [1.165, 1.54) is 11.3 Å². The van der Waals surface area contributed by atoms with Gasteiger partial charge in [0.25, 0.3) is 0 Å². The molecule has 1 aromatic heterocycles. The van der Waals surface area contributed by atoms with Gasteiger partial charge in [0.05, 0.1) is 5.69 Å². The summed E-state index contributed by atoms with van der Waals surface area (Å²) in [6, 6.07) is 17.5. The number of rotatable bonds is 3. The number of anilines is 1. The molecule has 4 nitrogen and oxygen atoms in total. The van der Waals surface area contributed by atoms with Gasteiger partial charge in [-0.2, -0.15) is 0 Å². The Balaban J connectivity index is 1.94. The molecule has 0 spiro atoms. The largest absolute Gasteiger partial charge is 0.477 e. The molecule has 1 aliphatic heterocycles. The first-order valence-electron chi connectivity index (χ1n) is 8.36. The number of benzene rings is 2. The molecule has 0 saturated heterocycles. The van der Waals surface area contributed by atoms with Crippen molar-refractivity contribution in [2.24, 2.45) is 0 Å². The zero-order valence-corrected chi connectivity index (χ0v) is 15.0. The van der Waals surface area contributed by atoms with E-state index in [9.17, 15) is 14.7 Å². The lowest BCUT2D eigenvalue weighted by molar-refractivity contribution is -0.116. The molecule has 2 N–H and O–H groups in total. The van der Waals surface area contributed by atoms with E-state index in [1.807, 2.05) is 61.5 Å². The first-order valence-corrected chi connectivity index (χ1v) is 9.18. The average molecular weight is 363 g/mol. The molecule has 0 saturated carbocycles. The smallest absolute Gasteiger partial charge is 0.346 e. The minimum absolute atomic E-state index is 0.0885. The van der Waals surface area contributed by atoms with Crippen LogP contribution in [0.5, 0.6) is 0 Å². The van der Waals surface area contributed by atoms with Crippen molar-refractivity contribution in [3.63, 3.8) is 0 Å². The zero-order chi connectivity index (χ0) is 18.3. The lowest BCUT2D eigenvalue weighted by Gasteiger charge is -2.23.